The van der Waals surface area contributed by atoms with E-state index in [0.717, 1.165) is 31.7 Å². The van der Waals surface area contributed by atoms with E-state index >= 15 is 0 Å². The number of hydrogen-bond acceptors (Lipinski definition) is 2. The van der Waals surface area contributed by atoms with Crippen LogP contribution in [-0.4, -0.2) is 43.0 Å². The van der Waals surface area contributed by atoms with Gasteiger partial charge in [-0.2, -0.15) is 0 Å². The molecule has 2 nitrogen and oxygen atoms in total. The van der Waals surface area contributed by atoms with E-state index < -0.39 is 0 Å². The first-order valence-corrected chi connectivity index (χ1v) is 9.88. The zero-order chi connectivity index (χ0) is 17.4. The van der Waals surface area contributed by atoms with Gasteiger partial charge in [0.05, 0.1) is 10.0 Å². The first-order chi connectivity index (χ1) is 12.1. The maximum Gasteiger partial charge on any atom is 0.0598 e. The largest absolute Gasteiger partial charge is 0.304 e. The highest BCUT2D eigenvalue weighted by Gasteiger charge is 2.28. The number of benzene rings is 2. The lowest BCUT2D eigenvalue weighted by Gasteiger charge is -2.40. The van der Waals surface area contributed by atoms with Gasteiger partial charge in [-0.3, -0.25) is 4.90 Å². The lowest BCUT2D eigenvalue weighted by molar-refractivity contribution is 0.102. The van der Waals surface area contributed by atoms with E-state index in [1.165, 1.54) is 36.0 Å². The summed E-state index contributed by atoms with van der Waals surface area (Å²) in [5.41, 5.74) is 5.40. The molecule has 4 rings (SSSR count). The molecular formula is C21H24Cl2N2. The molecule has 2 aromatic carbocycles. The van der Waals surface area contributed by atoms with Crippen LogP contribution in [0.5, 0.6) is 0 Å². The minimum absolute atomic E-state index is 0.556. The maximum atomic E-state index is 6.23. The monoisotopic (exact) mass is 374 g/mol. The van der Waals surface area contributed by atoms with Crippen LogP contribution in [0, 0.1) is 0 Å². The number of hydrogen-bond donors (Lipinski definition) is 0. The molecule has 0 aromatic heterocycles. The van der Waals surface area contributed by atoms with Gasteiger partial charge in [0.1, 0.15) is 0 Å². The Morgan fingerprint density at radius 1 is 0.880 bits per heavy atom. The third kappa shape index (κ3) is 3.59. The molecule has 0 saturated carbocycles. The van der Waals surface area contributed by atoms with Crippen molar-refractivity contribution in [1.82, 2.24) is 9.80 Å². The van der Waals surface area contributed by atoms with Crippen molar-refractivity contribution in [2.24, 2.45) is 0 Å². The minimum Gasteiger partial charge on any atom is -0.304 e. The van der Waals surface area contributed by atoms with Crippen LogP contribution in [0.1, 0.15) is 30.0 Å². The van der Waals surface area contributed by atoms with Crippen LogP contribution in [-0.2, 0) is 6.42 Å². The van der Waals surface area contributed by atoms with E-state index in [0.29, 0.717) is 16.1 Å². The average molecular weight is 375 g/mol. The molecular weight excluding hydrogens is 351 g/mol. The molecule has 0 spiro atoms. The van der Waals surface area contributed by atoms with Crippen LogP contribution >= 0.6 is 23.2 Å². The van der Waals surface area contributed by atoms with Crippen LogP contribution < -0.4 is 0 Å². The number of piperazine rings is 1. The summed E-state index contributed by atoms with van der Waals surface area (Å²) < 4.78 is 0. The van der Waals surface area contributed by atoms with Gasteiger partial charge < -0.3 is 4.90 Å². The van der Waals surface area contributed by atoms with Gasteiger partial charge in [-0.05, 0) is 66.8 Å². The van der Waals surface area contributed by atoms with Gasteiger partial charge in [0.2, 0.25) is 0 Å². The first kappa shape index (κ1) is 17.4. The Bertz CT molecular complexity index is 766. The first-order valence-electron chi connectivity index (χ1n) is 9.12. The van der Waals surface area contributed by atoms with Crippen LogP contribution in [0.3, 0.4) is 0 Å². The molecule has 0 radical (unpaired) electrons. The summed E-state index contributed by atoms with van der Waals surface area (Å²) in [6.07, 6.45) is 3.75. The predicted octanol–water partition coefficient (Wildman–Crippen LogP) is 5.29. The van der Waals surface area contributed by atoms with Gasteiger partial charge in [0.25, 0.3) is 0 Å². The summed E-state index contributed by atoms with van der Waals surface area (Å²) in [6, 6.07) is 13.4. The summed E-state index contributed by atoms with van der Waals surface area (Å²) in [7, 11) is 2.22. The molecule has 1 aliphatic carbocycles. The molecule has 2 aliphatic rings. The fourth-order valence-electron chi connectivity index (χ4n) is 4.14. The van der Waals surface area contributed by atoms with E-state index in [4.69, 9.17) is 23.2 Å². The van der Waals surface area contributed by atoms with E-state index in [1.807, 2.05) is 12.1 Å². The molecule has 0 N–H and O–H groups in total. The topological polar surface area (TPSA) is 6.48 Å². The lowest BCUT2D eigenvalue weighted by atomic mass is 9.84. The van der Waals surface area contributed by atoms with E-state index in [1.54, 1.807) is 0 Å². The SMILES string of the molecule is CN1CCN(C2CCCc3ccc(-c4ccc(Cl)c(Cl)c4)cc32)CC1. The zero-order valence-corrected chi connectivity index (χ0v) is 16.2. The van der Waals surface area contributed by atoms with Gasteiger partial charge in [-0.15, -0.1) is 0 Å². The number of likely N-dealkylation sites (N-methyl/N-ethyl adjacent to an activating group) is 1. The van der Waals surface area contributed by atoms with E-state index in [-0.39, 0.29) is 0 Å². The average Bonchev–Trinajstić information content (AvgIpc) is 2.64. The molecule has 132 valence electrons. The number of rotatable bonds is 2. The van der Waals surface area contributed by atoms with Crippen molar-refractivity contribution < 1.29 is 0 Å². The summed E-state index contributed by atoms with van der Waals surface area (Å²) in [6.45, 7) is 4.66. The Hall–Kier alpha value is -1.06. The van der Waals surface area contributed by atoms with Crippen LogP contribution in [0.4, 0.5) is 0 Å². The fraction of sp³-hybridized carbons (Fsp3) is 0.429. The van der Waals surface area contributed by atoms with Gasteiger partial charge >= 0.3 is 0 Å². The maximum absolute atomic E-state index is 6.23. The third-order valence-electron chi connectivity index (χ3n) is 5.66. The Balaban J connectivity index is 1.67. The molecule has 1 heterocycles. The summed E-state index contributed by atoms with van der Waals surface area (Å²) in [5, 5.41) is 1.23. The highest BCUT2D eigenvalue weighted by atomic mass is 35.5. The normalized spacial score (nSPS) is 22.0. The van der Waals surface area contributed by atoms with Crippen LogP contribution in [0.25, 0.3) is 11.1 Å². The van der Waals surface area contributed by atoms with E-state index in [2.05, 4.69) is 41.1 Å². The molecule has 2 aromatic rings. The number of nitrogens with zero attached hydrogens (tertiary/aromatic N) is 2. The second-order valence-electron chi connectivity index (χ2n) is 7.29. The fourth-order valence-corrected chi connectivity index (χ4v) is 4.44. The van der Waals surface area contributed by atoms with Crippen molar-refractivity contribution in [3.63, 3.8) is 0 Å². The number of fused-ring (bicyclic) bond motifs is 1. The Labute approximate surface area is 160 Å². The predicted molar refractivity (Wildman–Crippen MR) is 107 cm³/mol. The van der Waals surface area contributed by atoms with Gasteiger partial charge in [0.15, 0.2) is 0 Å². The van der Waals surface area contributed by atoms with Gasteiger partial charge in [-0.1, -0.05) is 41.4 Å². The van der Waals surface area contributed by atoms with Crippen molar-refractivity contribution >= 4 is 23.2 Å². The molecule has 1 unspecified atom stereocenters. The standard InChI is InChI=1S/C21H24Cl2N2/c1-24-9-11-25(12-10-24)21-4-2-3-15-5-6-16(13-18(15)21)17-7-8-19(22)20(23)14-17/h5-8,13-14,21H,2-4,9-12H2,1H3. The summed E-state index contributed by atoms with van der Waals surface area (Å²) in [4.78, 5) is 5.10. The number of halogens is 2. The second-order valence-corrected chi connectivity index (χ2v) is 8.10. The Kier molecular flexibility index (Phi) is 5.06. The van der Waals surface area contributed by atoms with Crippen molar-refractivity contribution in [3.05, 3.63) is 57.6 Å². The zero-order valence-electron chi connectivity index (χ0n) is 14.6. The smallest absolute Gasteiger partial charge is 0.0598 e. The quantitative estimate of drug-likeness (QED) is 0.704. The molecule has 4 heteroatoms. The van der Waals surface area contributed by atoms with Crippen LogP contribution in [0.15, 0.2) is 36.4 Å². The van der Waals surface area contributed by atoms with E-state index in [9.17, 15) is 0 Å². The van der Waals surface area contributed by atoms with Crippen molar-refractivity contribution in [1.29, 1.82) is 0 Å². The lowest BCUT2D eigenvalue weighted by Crippen LogP contribution is -2.46. The minimum atomic E-state index is 0.556. The highest BCUT2D eigenvalue weighted by Crippen LogP contribution is 2.38. The summed E-state index contributed by atoms with van der Waals surface area (Å²) >= 11 is 12.3. The van der Waals surface area contributed by atoms with Crippen molar-refractivity contribution in [2.75, 3.05) is 33.2 Å². The Morgan fingerprint density at radius 2 is 1.60 bits per heavy atom. The molecule has 0 amide bonds. The highest BCUT2D eigenvalue weighted by molar-refractivity contribution is 6.42. The molecule has 0 bridgehead atoms. The molecule has 1 fully saturated rings. The van der Waals surface area contributed by atoms with Crippen molar-refractivity contribution in [2.45, 2.75) is 25.3 Å². The summed E-state index contributed by atoms with van der Waals surface area (Å²) in [5.74, 6) is 0. The van der Waals surface area contributed by atoms with Crippen LogP contribution in [0.2, 0.25) is 10.0 Å². The second kappa shape index (κ2) is 7.28. The van der Waals surface area contributed by atoms with Gasteiger partial charge in [-0.25, -0.2) is 0 Å². The van der Waals surface area contributed by atoms with Crippen molar-refractivity contribution in [3.8, 4) is 11.1 Å². The molecule has 1 aliphatic heterocycles. The third-order valence-corrected chi connectivity index (χ3v) is 6.40. The molecule has 1 atom stereocenters. The Morgan fingerprint density at radius 3 is 2.36 bits per heavy atom. The molecule has 25 heavy (non-hydrogen) atoms. The molecule has 1 saturated heterocycles. The number of aryl methyl sites for hydroxylation is 1. The van der Waals surface area contributed by atoms with Gasteiger partial charge in [0, 0.05) is 32.2 Å².